The zero-order valence-corrected chi connectivity index (χ0v) is 15.4. The van der Waals surface area contributed by atoms with E-state index in [1.807, 2.05) is 21.9 Å². The van der Waals surface area contributed by atoms with E-state index in [9.17, 15) is 9.59 Å². The van der Waals surface area contributed by atoms with Gasteiger partial charge >= 0.3 is 0 Å². The highest BCUT2D eigenvalue weighted by molar-refractivity contribution is 5.78. The number of rotatable bonds is 4. The molecule has 1 aromatic rings. The summed E-state index contributed by atoms with van der Waals surface area (Å²) in [6.45, 7) is 7.26. The van der Waals surface area contributed by atoms with Gasteiger partial charge in [-0.2, -0.15) is 0 Å². The van der Waals surface area contributed by atoms with Crippen molar-refractivity contribution in [3.63, 3.8) is 0 Å². The van der Waals surface area contributed by atoms with Crippen molar-refractivity contribution in [3.05, 3.63) is 30.1 Å². The minimum atomic E-state index is 0.0752. The molecule has 2 aliphatic rings. The number of piperidine rings is 2. The van der Waals surface area contributed by atoms with E-state index in [1.54, 1.807) is 12.4 Å². The predicted octanol–water partition coefficient (Wildman–Crippen LogP) is 2.86. The number of likely N-dealkylation sites (tertiary alicyclic amines) is 2. The molecule has 25 heavy (non-hydrogen) atoms. The second-order valence-electron chi connectivity index (χ2n) is 8.12. The van der Waals surface area contributed by atoms with Gasteiger partial charge in [-0.3, -0.25) is 14.6 Å². The molecule has 3 rings (SSSR count). The van der Waals surface area contributed by atoms with E-state index in [2.05, 4.69) is 18.8 Å². The maximum Gasteiger partial charge on any atom is 0.222 e. The van der Waals surface area contributed by atoms with Gasteiger partial charge in [0.25, 0.3) is 0 Å². The van der Waals surface area contributed by atoms with E-state index in [0.717, 1.165) is 44.5 Å². The molecule has 2 fully saturated rings. The summed E-state index contributed by atoms with van der Waals surface area (Å²) >= 11 is 0. The van der Waals surface area contributed by atoms with Crippen molar-refractivity contribution >= 4 is 11.8 Å². The third-order valence-corrected chi connectivity index (χ3v) is 5.47. The van der Waals surface area contributed by atoms with Crippen molar-refractivity contribution in [1.29, 1.82) is 0 Å². The summed E-state index contributed by atoms with van der Waals surface area (Å²) in [5.41, 5.74) is 1.19. The van der Waals surface area contributed by atoms with Crippen LogP contribution in [-0.2, 0) is 16.1 Å². The SMILES string of the molecule is CC(C)CC(=O)N1CCC[C@@]2(CCC(=O)N(Cc3ccncc3)C2)C1. The second kappa shape index (κ2) is 7.54. The fourth-order valence-corrected chi connectivity index (χ4v) is 4.19. The Labute approximate surface area is 150 Å². The molecule has 2 amide bonds. The lowest BCUT2D eigenvalue weighted by Crippen LogP contribution is -2.54. The number of pyridine rings is 1. The number of hydrogen-bond acceptors (Lipinski definition) is 3. The van der Waals surface area contributed by atoms with Gasteiger partial charge in [0.05, 0.1) is 0 Å². The fourth-order valence-electron chi connectivity index (χ4n) is 4.19. The van der Waals surface area contributed by atoms with Gasteiger partial charge in [0.1, 0.15) is 0 Å². The molecule has 1 spiro atoms. The van der Waals surface area contributed by atoms with E-state index in [1.165, 1.54) is 0 Å². The largest absolute Gasteiger partial charge is 0.342 e. The first-order chi connectivity index (χ1) is 12.0. The Morgan fingerprint density at radius 1 is 1.24 bits per heavy atom. The van der Waals surface area contributed by atoms with Crippen LogP contribution in [0.5, 0.6) is 0 Å². The molecule has 0 unspecified atom stereocenters. The quantitative estimate of drug-likeness (QED) is 0.845. The number of amides is 2. The van der Waals surface area contributed by atoms with Gasteiger partial charge in [0.2, 0.25) is 11.8 Å². The molecule has 0 saturated carbocycles. The number of aromatic nitrogens is 1. The maximum atomic E-state index is 12.5. The average Bonchev–Trinajstić information content (AvgIpc) is 2.59. The molecular weight excluding hydrogens is 314 g/mol. The van der Waals surface area contributed by atoms with Crippen LogP contribution >= 0.6 is 0 Å². The zero-order valence-electron chi connectivity index (χ0n) is 15.4. The van der Waals surface area contributed by atoms with E-state index >= 15 is 0 Å². The molecule has 1 atom stereocenters. The highest BCUT2D eigenvalue weighted by Gasteiger charge is 2.42. The van der Waals surface area contributed by atoms with E-state index in [4.69, 9.17) is 0 Å². The first-order valence-electron chi connectivity index (χ1n) is 9.42. The van der Waals surface area contributed by atoms with E-state index in [-0.39, 0.29) is 17.2 Å². The lowest BCUT2D eigenvalue weighted by atomic mass is 9.73. The van der Waals surface area contributed by atoms with Crippen LogP contribution in [0.2, 0.25) is 0 Å². The lowest BCUT2D eigenvalue weighted by molar-refractivity contribution is -0.144. The van der Waals surface area contributed by atoms with Crippen LogP contribution < -0.4 is 0 Å². The Morgan fingerprint density at radius 2 is 2.00 bits per heavy atom. The molecule has 0 N–H and O–H groups in total. The summed E-state index contributed by atoms with van der Waals surface area (Å²) in [4.78, 5) is 33.0. The summed E-state index contributed by atoms with van der Waals surface area (Å²) < 4.78 is 0. The van der Waals surface area contributed by atoms with Crippen LogP contribution in [-0.4, -0.2) is 46.2 Å². The molecule has 0 bridgehead atoms. The van der Waals surface area contributed by atoms with Gasteiger partial charge in [-0.25, -0.2) is 0 Å². The third kappa shape index (κ3) is 4.39. The Bertz CT molecular complexity index is 617. The van der Waals surface area contributed by atoms with Crippen LogP contribution in [0.15, 0.2) is 24.5 Å². The number of nitrogens with zero attached hydrogens (tertiary/aromatic N) is 3. The number of carbonyl (C=O) groups is 2. The van der Waals surface area contributed by atoms with Gasteiger partial charge in [-0.05, 0) is 42.9 Å². The summed E-state index contributed by atoms with van der Waals surface area (Å²) in [5, 5.41) is 0. The molecule has 2 saturated heterocycles. The summed E-state index contributed by atoms with van der Waals surface area (Å²) in [6, 6.07) is 3.93. The topological polar surface area (TPSA) is 53.5 Å². The molecule has 2 aliphatic heterocycles. The standard InChI is InChI=1S/C20H29N3O2/c1-16(2)12-19(25)22-11-3-7-20(14-22)8-4-18(24)23(15-20)13-17-5-9-21-10-6-17/h5-6,9-10,16H,3-4,7-8,11-15H2,1-2H3/t20-/m1/s1. The van der Waals surface area contributed by atoms with E-state index in [0.29, 0.717) is 25.3 Å². The first kappa shape index (κ1) is 17.9. The van der Waals surface area contributed by atoms with Crippen LogP contribution in [0.25, 0.3) is 0 Å². The van der Waals surface area contributed by atoms with Crippen molar-refractivity contribution in [2.24, 2.45) is 11.3 Å². The highest BCUT2D eigenvalue weighted by atomic mass is 16.2. The molecule has 0 aromatic carbocycles. The van der Waals surface area contributed by atoms with Crippen LogP contribution in [0.1, 0.15) is 51.5 Å². The number of carbonyl (C=O) groups excluding carboxylic acids is 2. The van der Waals surface area contributed by atoms with Crippen molar-refractivity contribution in [2.45, 2.75) is 52.5 Å². The third-order valence-electron chi connectivity index (χ3n) is 5.47. The summed E-state index contributed by atoms with van der Waals surface area (Å²) in [6.07, 6.45) is 7.82. The number of hydrogen-bond donors (Lipinski definition) is 0. The highest BCUT2D eigenvalue weighted by Crippen LogP contribution is 2.39. The van der Waals surface area contributed by atoms with Gasteiger partial charge in [0.15, 0.2) is 0 Å². The maximum absolute atomic E-state index is 12.5. The normalized spacial score (nSPS) is 24.2. The molecule has 5 nitrogen and oxygen atoms in total. The van der Waals surface area contributed by atoms with Gasteiger partial charge in [-0.1, -0.05) is 13.8 Å². The predicted molar refractivity (Wildman–Crippen MR) is 96.6 cm³/mol. The Morgan fingerprint density at radius 3 is 2.72 bits per heavy atom. The zero-order chi connectivity index (χ0) is 17.9. The lowest BCUT2D eigenvalue weighted by Gasteiger charge is -2.48. The van der Waals surface area contributed by atoms with Gasteiger partial charge in [-0.15, -0.1) is 0 Å². The average molecular weight is 343 g/mol. The minimum absolute atomic E-state index is 0.0752. The summed E-state index contributed by atoms with van der Waals surface area (Å²) in [5.74, 6) is 0.890. The van der Waals surface area contributed by atoms with Crippen molar-refractivity contribution < 1.29 is 9.59 Å². The Balaban J connectivity index is 1.68. The van der Waals surface area contributed by atoms with Crippen LogP contribution in [0, 0.1) is 11.3 Å². The van der Waals surface area contributed by atoms with Crippen LogP contribution in [0.4, 0.5) is 0 Å². The van der Waals surface area contributed by atoms with Crippen molar-refractivity contribution in [1.82, 2.24) is 14.8 Å². The molecular formula is C20H29N3O2. The molecule has 1 aromatic heterocycles. The Kier molecular flexibility index (Phi) is 5.40. The molecule has 3 heterocycles. The van der Waals surface area contributed by atoms with Crippen LogP contribution in [0.3, 0.4) is 0 Å². The molecule has 5 heteroatoms. The second-order valence-corrected chi connectivity index (χ2v) is 8.12. The summed E-state index contributed by atoms with van der Waals surface area (Å²) in [7, 11) is 0. The first-order valence-corrected chi connectivity index (χ1v) is 9.42. The van der Waals surface area contributed by atoms with Gasteiger partial charge < -0.3 is 9.80 Å². The fraction of sp³-hybridized carbons (Fsp3) is 0.650. The monoisotopic (exact) mass is 343 g/mol. The minimum Gasteiger partial charge on any atom is -0.342 e. The van der Waals surface area contributed by atoms with Crippen molar-refractivity contribution in [2.75, 3.05) is 19.6 Å². The molecule has 0 aliphatic carbocycles. The van der Waals surface area contributed by atoms with Gasteiger partial charge in [0, 0.05) is 56.8 Å². The Hall–Kier alpha value is -1.91. The molecule has 0 radical (unpaired) electrons. The molecule has 136 valence electrons. The smallest absolute Gasteiger partial charge is 0.222 e. The van der Waals surface area contributed by atoms with Crippen molar-refractivity contribution in [3.8, 4) is 0 Å². The van der Waals surface area contributed by atoms with E-state index < -0.39 is 0 Å².